The smallest absolute Gasteiger partial charge is 0.165 e. The van der Waals surface area contributed by atoms with Crippen molar-refractivity contribution in [3.8, 4) is 5.75 Å². The number of halogens is 1. The van der Waals surface area contributed by atoms with E-state index in [9.17, 15) is 4.39 Å². The molecule has 0 aromatic heterocycles. The number of rotatable bonds is 2. The molecule has 0 saturated heterocycles. The highest BCUT2D eigenvalue weighted by molar-refractivity contribution is 5.31. The summed E-state index contributed by atoms with van der Waals surface area (Å²) in [7, 11) is 1.39. The molecular weight excluding hydrogens is 159 g/mol. The molecule has 0 radical (unpaired) electrons. The van der Waals surface area contributed by atoms with E-state index in [2.05, 4.69) is 0 Å². The molecule has 0 unspecified atom stereocenters. The lowest BCUT2D eigenvalue weighted by Gasteiger charge is -2.07. The van der Waals surface area contributed by atoms with Crippen molar-refractivity contribution in [1.82, 2.24) is 0 Å². The highest BCUT2D eigenvalue weighted by Gasteiger charge is 2.06. The minimum absolute atomic E-state index is 0.161. The van der Waals surface area contributed by atoms with Gasteiger partial charge >= 0.3 is 0 Å². The maximum absolute atomic E-state index is 12.8. The predicted octanol–water partition coefficient (Wildman–Crippen LogP) is 1.89. The van der Waals surface area contributed by atoms with Crippen LogP contribution in [0.1, 0.15) is 18.6 Å². The van der Waals surface area contributed by atoms with Crippen LogP contribution in [0, 0.1) is 5.82 Å². The van der Waals surface area contributed by atoms with Gasteiger partial charge in [0.15, 0.2) is 11.6 Å². The highest BCUT2D eigenvalue weighted by Crippen LogP contribution is 2.21. The average molecular weight is 170 g/mol. The summed E-state index contributed by atoms with van der Waals surface area (Å²) in [6, 6.07) is 4.30. The van der Waals surface area contributed by atoms with E-state index in [4.69, 9.17) is 9.84 Å². The van der Waals surface area contributed by atoms with E-state index >= 15 is 0 Å². The van der Waals surface area contributed by atoms with Crippen molar-refractivity contribution in [2.45, 2.75) is 13.0 Å². The van der Waals surface area contributed by atoms with E-state index in [1.807, 2.05) is 0 Å². The standard InChI is InChI=1S/C9H11FO2/c1-6(11)7-3-4-8(10)9(5-7)12-2/h3-6,11H,1-2H3/t6-/m0/s1. The summed E-state index contributed by atoms with van der Waals surface area (Å²) in [5.41, 5.74) is 0.647. The first-order chi connectivity index (χ1) is 5.65. The average Bonchev–Trinajstić information content (AvgIpc) is 2.05. The van der Waals surface area contributed by atoms with Crippen LogP contribution in [0.3, 0.4) is 0 Å². The number of benzene rings is 1. The summed E-state index contributed by atoms with van der Waals surface area (Å²) in [5, 5.41) is 9.16. The third-order valence-electron chi connectivity index (χ3n) is 1.66. The van der Waals surface area contributed by atoms with Gasteiger partial charge in [0.1, 0.15) is 0 Å². The molecule has 3 heteroatoms. The Morgan fingerprint density at radius 1 is 1.50 bits per heavy atom. The van der Waals surface area contributed by atoms with Crippen molar-refractivity contribution in [3.63, 3.8) is 0 Å². The van der Waals surface area contributed by atoms with Crippen LogP contribution < -0.4 is 4.74 Å². The van der Waals surface area contributed by atoms with Gasteiger partial charge < -0.3 is 9.84 Å². The lowest BCUT2D eigenvalue weighted by Crippen LogP contribution is -1.94. The number of hydrogen-bond acceptors (Lipinski definition) is 2. The minimum Gasteiger partial charge on any atom is -0.494 e. The fourth-order valence-electron chi connectivity index (χ4n) is 0.936. The molecule has 1 aromatic rings. The Hall–Kier alpha value is -1.09. The van der Waals surface area contributed by atoms with Gasteiger partial charge in [-0.15, -0.1) is 0 Å². The summed E-state index contributed by atoms with van der Waals surface area (Å²) in [6.45, 7) is 1.62. The van der Waals surface area contributed by atoms with Gasteiger partial charge in [-0.25, -0.2) is 4.39 Å². The van der Waals surface area contributed by atoms with Gasteiger partial charge in [0.25, 0.3) is 0 Å². The van der Waals surface area contributed by atoms with Crippen molar-refractivity contribution in [1.29, 1.82) is 0 Å². The monoisotopic (exact) mass is 170 g/mol. The molecule has 0 fully saturated rings. The number of aliphatic hydroxyl groups is 1. The van der Waals surface area contributed by atoms with Crippen LogP contribution in [0.4, 0.5) is 4.39 Å². The minimum atomic E-state index is -0.598. The van der Waals surface area contributed by atoms with Crippen LogP contribution in [0.5, 0.6) is 5.75 Å². The molecule has 2 nitrogen and oxygen atoms in total. The maximum atomic E-state index is 12.8. The van der Waals surface area contributed by atoms with Gasteiger partial charge in [-0.2, -0.15) is 0 Å². The SMILES string of the molecule is COc1cc([C@H](C)O)ccc1F. The quantitative estimate of drug-likeness (QED) is 0.734. The number of aliphatic hydroxyl groups excluding tert-OH is 1. The summed E-state index contributed by atoms with van der Waals surface area (Å²) in [5.74, 6) is -0.254. The Bertz CT molecular complexity index is 271. The van der Waals surface area contributed by atoms with Gasteiger partial charge in [0.05, 0.1) is 13.2 Å². The van der Waals surface area contributed by atoms with Crippen LogP contribution in [0.25, 0.3) is 0 Å². The first-order valence-corrected chi connectivity index (χ1v) is 3.66. The van der Waals surface area contributed by atoms with Gasteiger partial charge in [-0.3, -0.25) is 0 Å². The third-order valence-corrected chi connectivity index (χ3v) is 1.66. The molecule has 0 amide bonds. The van der Waals surface area contributed by atoms with Crippen LogP contribution in [0.15, 0.2) is 18.2 Å². The first-order valence-electron chi connectivity index (χ1n) is 3.66. The predicted molar refractivity (Wildman–Crippen MR) is 43.6 cm³/mol. The zero-order chi connectivity index (χ0) is 9.14. The molecule has 0 aliphatic heterocycles. The second-order valence-electron chi connectivity index (χ2n) is 2.57. The van der Waals surface area contributed by atoms with Crippen LogP contribution in [-0.4, -0.2) is 12.2 Å². The molecule has 0 aliphatic carbocycles. The second-order valence-corrected chi connectivity index (χ2v) is 2.57. The molecule has 0 bridgehead atoms. The van der Waals surface area contributed by atoms with Gasteiger partial charge in [-0.1, -0.05) is 6.07 Å². The molecule has 66 valence electrons. The van der Waals surface area contributed by atoms with E-state index in [-0.39, 0.29) is 5.75 Å². The number of hydrogen-bond donors (Lipinski definition) is 1. The van der Waals surface area contributed by atoms with Gasteiger partial charge in [-0.05, 0) is 24.6 Å². The third kappa shape index (κ3) is 1.74. The molecule has 1 rings (SSSR count). The van der Waals surface area contributed by atoms with Crippen LogP contribution in [0.2, 0.25) is 0 Å². The van der Waals surface area contributed by atoms with E-state index in [1.165, 1.54) is 25.3 Å². The van der Waals surface area contributed by atoms with Crippen LogP contribution >= 0.6 is 0 Å². The number of ether oxygens (including phenoxy) is 1. The van der Waals surface area contributed by atoms with E-state index in [0.717, 1.165) is 0 Å². The fourth-order valence-corrected chi connectivity index (χ4v) is 0.936. The zero-order valence-corrected chi connectivity index (χ0v) is 7.04. The summed E-state index contributed by atoms with van der Waals surface area (Å²) in [6.07, 6.45) is -0.598. The van der Waals surface area contributed by atoms with E-state index in [0.29, 0.717) is 5.56 Å². The summed E-state index contributed by atoms with van der Waals surface area (Å²) < 4.78 is 17.6. The van der Waals surface area contributed by atoms with Gasteiger partial charge in [0, 0.05) is 0 Å². The molecule has 1 atom stereocenters. The van der Waals surface area contributed by atoms with Crippen molar-refractivity contribution in [2.75, 3.05) is 7.11 Å². The Labute approximate surface area is 70.6 Å². The first kappa shape index (κ1) is 9.00. The molecule has 0 aliphatic rings. The van der Waals surface area contributed by atoms with Crippen molar-refractivity contribution in [3.05, 3.63) is 29.6 Å². The lowest BCUT2D eigenvalue weighted by molar-refractivity contribution is 0.198. The summed E-state index contributed by atoms with van der Waals surface area (Å²) in [4.78, 5) is 0. The van der Waals surface area contributed by atoms with E-state index < -0.39 is 11.9 Å². The normalized spacial score (nSPS) is 12.7. The van der Waals surface area contributed by atoms with Crippen molar-refractivity contribution < 1.29 is 14.2 Å². The molecule has 0 saturated carbocycles. The highest BCUT2D eigenvalue weighted by atomic mass is 19.1. The van der Waals surface area contributed by atoms with Gasteiger partial charge in [0.2, 0.25) is 0 Å². The summed E-state index contributed by atoms with van der Waals surface area (Å²) >= 11 is 0. The van der Waals surface area contributed by atoms with Crippen LogP contribution in [-0.2, 0) is 0 Å². The molecule has 12 heavy (non-hydrogen) atoms. The lowest BCUT2D eigenvalue weighted by atomic mass is 10.1. The largest absolute Gasteiger partial charge is 0.494 e. The molecule has 1 aromatic carbocycles. The Morgan fingerprint density at radius 3 is 2.67 bits per heavy atom. The maximum Gasteiger partial charge on any atom is 0.165 e. The molecule has 0 spiro atoms. The number of methoxy groups -OCH3 is 1. The molecular formula is C9H11FO2. The Balaban J connectivity index is 3.05. The van der Waals surface area contributed by atoms with E-state index in [1.54, 1.807) is 6.92 Å². The van der Waals surface area contributed by atoms with Crippen molar-refractivity contribution >= 4 is 0 Å². The zero-order valence-electron chi connectivity index (χ0n) is 7.04. The second kappa shape index (κ2) is 3.54. The fraction of sp³-hybridized carbons (Fsp3) is 0.333. The Kier molecular flexibility index (Phi) is 2.65. The Morgan fingerprint density at radius 2 is 2.17 bits per heavy atom. The topological polar surface area (TPSA) is 29.5 Å². The van der Waals surface area contributed by atoms with Crippen molar-refractivity contribution in [2.24, 2.45) is 0 Å². The molecule has 0 heterocycles. The molecule has 1 N–H and O–H groups in total.